The average molecular weight is 385 g/mol. The Hall–Kier alpha value is -3.00. The number of hydrogen-bond acceptors (Lipinski definition) is 5. The molecule has 0 aliphatic heterocycles. The number of aromatic nitrogens is 2. The molecule has 1 aromatic carbocycles. The van der Waals surface area contributed by atoms with Crippen LogP contribution in [0.1, 0.15) is 30.0 Å². The Kier molecular flexibility index (Phi) is 5.66. The molecule has 3 rings (SSSR count). The molecule has 0 aliphatic rings. The largest absolute Gasteiger partial charge is 0.481 e. The highest BCUT2D eigenvalue weighted by Crippen LogP contribution is 2.21. The Balaban J connectivity index is 1.70. The van der Waals surface area contributed by atoms with Gasteiger partial charge >= 0.3 is 5.97 Å². The van der Waals surface area contributed by atoms with Crippen molar-refractivity contribution in [3.05, 3.63) is 63.5 Å². The van der Waals surface area contributed by atoms with Gasteiger partial charge in [-0.1, -0.05) is 24.3 Å². The van der Waals surface area contributed by atoms with Gasteiger partial charge in [0.05, 0.1) is 24.2 Å². The van der Waals surface area contributed by atoms with Crippen LogP contribution in [0, 0.1) is 6.92 Å². The van der Waals surface area contributed by atoms with Crippen LogP contribution in [0.5, 0.6) is 0 Å². The molecule has 0 fully saturated rings. The maximum atomic E-state index is 12.4. The number of hydrogen-bond donors (Lipinski definition) is 2. The maximum absolute atomic E-state index is 12.4. The van der Waals surface area contributed by atoms with E-state index in [0.717, 1.165) is 11.1 Å². The number of thiophene rings is 1. The van der Waals surface area contributed by atoms with Gasteiger partial charge in [0.15, 0.2) is 0 Å². The lowest BCUT2D eigenvalue weighted by Crippen LogP contribution is -2.32. The Labute approximate surface area is 159 Å². The standard InChI is InChI=1S/C19H19N3O4S/c1-12-4-2-3-5-13(12)15(10-17(24)25)21-16(23)6-8-22-11-20-18-14(19(22)26)7-9-27-18/h2-5,7,9,11,15H,6,8,10H2,1H3,(H,21,23)(H,24,25). The highest BCUT2D eigenvalue weighted by Gasteiger charge is 2.19. The van der Waals surface area contributed by atoms with Crippen molar-refractivity contribution in [2.24, 2.45) is 0 Å². The van der Waals surface area contributed by atoms with Gasteiger partial charge in [-0.3, -0.25) is 19.0 Å². The van der Waals surface area contributed by atoms with Gasteiger partial charge in [0.2, 0.25) is 5.91 Å². The van der Waals surface area contributed by atoms with Gasteiger partial charge in [0.25, 0.3) is 5.56 Å². The molecule has 2 N–H and O–H groups in total. The van der Waals surface area contributed by atoms with E-state index in [2.05, 4.69) is 10.3 Å². The number of carboxylic acids is 1. The molecule has 1 amide bonds. The zero-order valence-corrected chi connectivity index (χ0v) is 15.5. The van der Waals surface area contributed by atoms with Crippen LogP contribution in [0.15, 0.2) is 46.8 Å². The van der Waals surface area contributed by atoms with Crippen LogP contribution in [0.25, 0.3) is 10.2 Å². The van der Waals surface area contributed by atoms with Crippen LogP contribution in [-0.2, 0) is 16.1 Å². The molecule has 0 spiro atoms. The lowest BCUT2D eigenvalue weighted by atomic mass is 9.98. The Morgan fingerprint density at radius 2 is 2.07 bits per heavy atom. The number of carbonyl (C=O) groups excluding carboxylic acids is 1. The lowest BCUT2D eigenvalue weighted by Gasteiger charge is -2.19. The minimum Gasteiger partial charge on any atom is -0.481 e. The topological polar surface area (TPSA) is 101 Å². The van der Waals surface area contributed by atoms with E-state index in [0.29, 0.717) is 10.2 Å². The summed E-state index contributed by atoms with van der Waals surface area (Å²) >= 11 is 1.39. The van der Waals surface area contributed by atoms with Crippen molar-refractivity contribution in [2.75, 3.05) is 0 Å². The number of rotatable bonds is 7. The fourth-order valence-electron chi connectivity index (χ4n) is 2.93. The SMILES string of the molecule is Cc1ccccc1C(CC(=O)O)NC(=O)CCn1cnc2sccc2c1=O. The molecule has 2 heterocycles. The minimum atomic E-state index is -0.994. The third-order valence-electron chi connectivity index (χ3n) is 4.31. The second-order valence-corrected chi connectivity index (χ2v) is 7.10. The van der Waals surface area contributed by atoms with E-state index < -0.39 is 12.0 Å². The fraction of sp³-hybridized carbons (Fsp3) is 0.263. The summed E-state index contributed by atoms with van der Waals surface area (Å²) in [4.78, 5) is 40.8. The molecule has 1 unspecified atom stereocenters. The van der Waals surface area contributed by atoms with Gasteiger partial charge < -0.3 is 10.4 Å². The molecule has 2 aromatic heterocycles. The zero-order chi connectivity index (χ0) is 19.4. The van der Waals surface area contributed by atoms with Crippen LogP contribution in [-0.4, -0.2) is 26.5 Å². The van der Waals surface area contributed by atoms with E-state index in [4.69, 9.17) is 5.11 Å². The molecule has 0 aliphatic carbocycles. The first-order valence-corrected chi connectivity index (χ1v) is 9.33. The first kappa shape index (κ1) is 18.8. The smallest absolute Gasteiger partial charge is 0.305 e. The molecule has 27 heavy (non-hydrogen) atoms. The molecular weight excluding hydrogens is 366 g/mol. The minimum absolute atomic E-state index is 0.0548. The molecule has 7 nitrogen and oxygen atoms in total. The number of fused-ring (bicyclic) bond motifs is 1. The summed E-state index contributed by atoms with van der Waals surface area (Å²) in [6, 6.07) is 8.45. The molecule has 3 aromatic rings. The summed E-state index contributed by atoms with van der Waals surface area (Å²) in [6.07, 6.45) is 1.28. The fourth-order valence-corrected chi connectivity index (χ4v) is 3.66. The number of nitrogens with one attached hydrogen (secondary N) is 1. The van der Waals surface area contributed by atoms with Crippen molar-refractivity contribution in [3.8, 4) is 0 Å². The quantitative estimate of drug-likeness (QED) is 0.651. The van der Waals surface area contributed by atoms with E-state index in [1.54, 1.807) is 11.4 Å². The van der Waals surface area contributed by atoms with Gasteiger partial charge in [-0.15, -0.1) is 11.3 Å². The van der Waals surface area contributed by atoms with E-state index in [1.165, 1.54) is 22.2 Å². The van der Waals surface area contributed by atoms with Crippen LogP contribution >= 0.6 is 11.3 Å². The third-order valence-corrected chi connectivity index (χ3v) is 5.13. The number of carbonyl (C=O) groups is 2. The van der Waals surface area contributed by atoms with E-state index in [1.807, 2.05) is 31.2 Å². The number of amides is 1. The molecule has 0 radical (unpaired) electrons. The van der Waals surface area contributed by atoms with Crippen LogP contribution in [0.3, 0.4) is 0 Å². The average Bonchev–Trinajstić information content (AvgIpc) is 3.10. The summed E-state index contributed by atoms with van der Waals surface area (Å²) in [6.45, 7) is 2.05. The van der Waals surface area contributed by atoms with Crippen LogP contribution in [0.4, 0.5) is 0 Å². The summed E-state index contributed by atoms with van der Waals surface area (Å²) in [5.41, 5.74) is 1.49. The van der Waals surface area contributed by atoms with Gasteiger partial charge in [-0.05, 0) is 29.5 Å². The first-order chi connectivity index (χ1) is 13.0. The van der Waals surface area contributed by atoms with Gasteiger partial charge in [0, 0.05) is 13.0 Å². The van der Waals surface area contributed by atoms with Gasteiger partial charge in [-0.2, -0.15) is 0 Å². The summed E-state index contributed by atoms with van der Waals surface area (Å²) in [5, 5.41) is 14.3. The Bertz CT molecular complexity index is 1040. The summed E-state index contributed by atoms with van der Waals surface area (Å²) in [7, 11) is 0. The number of carboxylic acid groups (broad SMARTS) is 1. The molecule has 1 atom stereocenters. The summed E-state index contributed by atoms with van der Waals surface area (Å²) in [5.74, 6) is -1.31. The normalized spacial score (nSPS) is 12.0. The second-order valence-electron chi connectivity index (χ2n) is 6.21. The van der Waals surface area contributed by atoms with Crippen molar-refractivity contribution in [1.82, 2.24) is 14.9 Å². The highest BCUT2D eigenvalue weighted by molar-refractivity contribution is 7.16. The second kappa shape index (κ2) is 8.13. The summed E-state index contributed by atoms with van der Waals surface area (Å²) < 4.78 is 1.40. The van der Waals surface area contributed by atoms with Crippen molar-refractivity contribution in [3.63, 3.8) is 0 Å². The van der Waals surface area contributed by atoms with Crippen LogP contribution < -0.4 is 10.9 Å². The number of aryl methyl sites for hydroxylation is 2. The molecule has 8 heteroatoms. The van der Waals surface area contributed by atoms with Gasteiger partial charge in [0.1, 0.15) is 4.83 Å². The first-order valence-electron chi connectivity index (χ1n) is 8.45. The van der Waals surface area contributed by atoms with Crippen LogP contribution in [0.2, 0.25) is 0 Å². The molecular formula is C19H19N3O4S. The number of aliphatic carboxylic acids is 1. The molecule has 0 saturated heterocycles. The van der Waals surface area contributed by atoms with Crippen molar-refractivity contribution in [2.45, 2.75) is 32.4 Å². The predicted molar refractivity (Wildman–Crippen MR) is 103 cm³/mol. The van der Waals surface area contributed by atoms with E-state index in [9.17, 15) is 14.4 Å². The Morgan fingerprint density at radius 1 is 1.30 bits per heavy atom. The monoisotopic (exact) mass is 385 g/mol. The third kappa shape index (κ3) is 4.40. The predicted octanol–water partition coefficient (Wildman–Crippen LogP) is 2.49. The molecule has 0 saturated carbocycles. The van der Waals surface area contributed by atoms with Crippen molar-refractivity contribution in [1.29, 1.82) is 0 Å². The highest BCUT2D eigenvalue weighted by atomic mass is 32.1. The maximum Gasteiger partial charge on any atom is 0.305 e. The molecule has 140 valence electrons. The van der Waals surface area contributed by atoms with Crippen molar-refractivity contribution < 1.29 is 14.7 Å². The number of benzene rings is 1. The van der Waals surface area contributed by atoms with Crippen molar-refractivity contribution >= 4 is 33.4 Å². The van der Waals surface area contributed by atoms with E-state index in [-0.39, 0.29) is 30.9 Å². The zero-order valence-electron chi connectivity index (χ0n) is 14.7. The van der Waals surface area contributed by atoms with Gasteiger partial charge in [-0.25, -0.2) is 4.98 Å². The molecule has 0 bridgehead atoms. The Morgan fingerprint density at radius 3 is 2.81 bits per heavy atom. The lowest BCUT2D eigenvalue weighted by molar-refractivity contribution is -0.137. The number of nitrogens with zero attached hydrogens (tertiary/aromatic N) is 2. The van der Waals surface area contributed by atoms with E-state index >= 15 is 0 Å².